The van der Waals surface area contributed by atoms with Crippen LogP contribution in [0.4, 0.5) is 5.95 Å². The van der Waals surface area contributed by atoms with Crippen LogP contribution in [0.5, 0.6) is 0 Å². The zero-order chi connectivity index (χ0) is 24.0. The van der Waals surface area contributed by atoms with Crippen LogP contribution in [-0.2, 0) is 4.79 Å². The molecule has 1 atom stereocenters. The number of para-hydroxylation sites is 1. The summed E-state index contributed by atoms with van der Waals surface area (Å²) in [6.07, 6.45) is 0.544. The molecule has 0 radical (unpaired) electrons. The first-order chi connectivity index (χ1) is 16.2. The van der Waals surface area contributed by atoms with Crippen LogP contribution in [0.2, 0.25) is 5.02 Å². The molecule has 1 aliphatic rings. The minimum absolute atomic E-state index is 0.0318. The Balaban J connectivity index is 1.57. The van der Waals surface area contributed by atoms with Gasteiger partial charge in [0, 0.05) is 48.1 Å². The van der Waals surface area contributed by atoms with E-state index in [1.165, 1.54) is 0 Å². The molecule has 0 bridgehead atoms. The quantitative estimate of drug-likeness (QED) is 0.413. The highest BCUT2D eigenvalue weighted by molar-refractivity contribution is 6.30. The maximum atomic E-state index is 12.9. The lowest BCUT2D eigenvalue weighted by molar-refractivity contribution is -0.135. The van der Waals surface area contributed by atoms with E-state index in [0.29, 0.717) is 31.1 Å². The standard InChI is InChI=1S/C26H29ClN6O/c1-17-16-31(13-14-32(17)22(34)15-26(2,3)4)25-28-21-8-6-5-7-20(21)24-30-29-23(33(24)25)18-9-11-19(27)12-10-18/h5-12,17H,13-16H2,1-4H3/t17-/m1/s1. The number of nitrogens with zero attached hydrogens (tertiary/aromatic N) is 6. The molecule has 0 spiro atoms. The van der Waals surface area contributed by atoms with E-state index in [0.717, 1.165) is 33.9 Å². The molecular weight excluding hydrogens is 448 g/mol. The number of carbonyl (C=O) groups excluding carboxylic acids is 1. The second-order valence-electron chi connectivity index (χ2n) is 10.2. The average molecular weight is 477 g/mol. The maximum absolute atomic E-state index is 12.9. The number of amides is 1. The van der Waals surface area contributed by atoms with Gasteiger partial charge in [-0.3, -0.25) is 4.79 Å². The topological polar surface area (TPSA) is 66.6 Å². The summed E-state index contributed by atoms with van der Waals surface area (Å²) in [6.45, 7) is 10.5. The fourth-order valence-electron chi connectivity index (χ4n) is 4.63. The number of anilines is 1. The Morgan fingerprint density at radius 3 is 2.50 bits per heavy atom. The van der Waals surface area contributed by atoms with Crippen LogP contribution in [0.15, 0.2) is 48.5 Å². The number of hydrogen-bond donors (Lipinski definition) is 0. The second-order valence-corrected chi connectivity index (χ2v) is 10.7. The van der Waals surface area contributed by atoms with Crippen LogP contribution < -0.4 is 4.90 Å². The zero-order valence-corrected chi connectivity index (χ0v) is 20.8. The Bertz CT molecular complexity index is 1360. The van der Waals surface area contributed by atoms with Crippen molar-refractivity contribution in [2.24, 2.45) is 5.41 Å². The van der Waals surface area contributed by atoms with Gasteiger partial charge >= 0.3 is 0 Å². The van der Waals surface area contributed by atoms with Crippen LogP contribution in [0.3, 0.4) is 0 Å². The van der Waals surface area contributed by atoms with E-state index in [-0.39, 0.29) is 17.4 Å². The molecule has 1 amide bonds. The Labute approximate surface area is 204 Å². The third kappa shape index (κ3) is 4.20. The highest BCUT2D eigenvalue weighted by Gasteiger charge is 2.31. The molecule has 1 aliphatic heterocycles. The molecule has 34 heavy (non-hydrogen) atoms. The fraction of sp³-hybridized carbons (Fsp3) is 0.385. The SMILES string of the molecule is C[C@@H]1CN(c2nc3ccccc3c3nnc(-c4ccc(Cl)cc4)n23)CCN1C(=O)CC(C)(C)C. The van der Waals surface area contributed by atoms with Gasteiger partial charge in [0.2, 0.25) is 11.9 Å². The summed E-state index contributed by atoms with van der Waals surface area (Å²) in [4.78, 5) is 22.2. The summed E-state index contributed by atoms with van der Waals surface area (Å²) in [7, 11) is 0. The Hall–Kier alpha value is -3.19. The molecule has 5 rings (SSSR count). The minimum atomic E-state index is -0.0318. The molecule has 0 unspecified atom stereocenters. The summed E-state index contributed by atoms with van der Waals surface area (Å²) in [5, 5.41) is 10.7. The average Bonchev–Trinajstić information content (AvgIpc) is 3.23. The number of aromatic nitrogens is 4. The number of piperazine rings is 1. The van der Waals surface area contributed by atoms with Crippen molar-refractivity contribution < 1.29 is 4.79 Å². The van der Waals surface area contributed by atoms with Crippen molar-refractivity contribution in [3.05, 3.63) is 53.6 Å². The number of fused-ring (bicyclic) bond motifs is 3. The van der Waals surface area contributed by atoms with Crippen molar-refractivity contribution in [3.63, 3.8) is 0 Å². The Morgan fingerprint density at radius 1 is 1.06 bits per heavy atom. The van der Waals surface area contributed by atoms with E-state index in [4.69, 9.17) is 16.6 Å². The maximum Gasteiger partial charge on any atom is 0.223 e. The first-order valence-electron chi connectivity index (χ1n) is 11.7. The summed E-state index contributed by atoms with van der Waals surface area (Å²) in [6, 6.07) is 15.7. The summed E-state index contributed by atoms with van der Waals surface area (Å²) < 4.78 is 2.03. The predicted octanol–water partition coefficient (Wildman–Crippen LogP) is 5.07. The second kappa shape index (κ2) is 8.55. The van der Waals surface area contributed by atoms with Gasteiger partial charge in [-0.1, -0.05) is 44.5 Å². The summed E-state index contributed by atoms with van der Waals surface area (Å²) >= 11 is 6.12. The van der Waals surface area contributed by atoms with E-state index >= 15 is 0 Å². The van der Waals surface area contributed by atoms with Crippen molar-refractivity contribution in [1.82, 2.24) is 24.5 Å². The van der Waals surface area contributed by atoms with Gasteiger partial charge < -0.3 is 9.80 Å². The van der Waals surface area contributed by atoms with Crippen molar-refractivity contribution in [3.8, 4) is 11.4 Å². The monoisotopic (exact) mass is 476 g/mol. The predicted molar refractivity (Wildman–Crippen MR) is 136 cm³/mol. The summed E-state index contributed by atoms with van der Waals surface area (Å²) in [5.74, 6) is 1.72. The van der Waals surface area contributed by atoms with Crippen LogP contribution >= 0.6 is 11.6 Å². The lowest BCUT2D eigenvalue weighted by Crippen LogP contribution is -2.55. The van der Waals surface area contributed by atoms with Crippen LogP contribution in [0.1, 0.15) is 34.1 Å². The van der Waals surface area contributed by atoms with Crippen LogP contribution in [0, 0.1) is 5.41 Å². The molecule has 2 aromatic carbocycles. The van der Waals surface area contributed by atoms with Crippen molar-refractivity contribution in [2.75, 3.05) is 24.5 Å². The fourth-order valence-corrected chi connectivity index (χ4v) is 4.76. The number of carbonyl (C=O) groups is 1. The van der Waals surface area contributed by atoms with Gasteiger partial charge in [0.25, 0.3) is 0 Å². The van der Waals surface area contributed by atoms with Crippen molar-refractivity contribution >= 4 is 40.0 Å². The molecular formula is C26H29ClN6O. The smallest absolute Gasteiger partial charge is 0.223 e. The lowest BCUT2D eigenvalue weighted by Gasteiger charge is -2.41. The Morgan fingerprint density at radius 2 is 1.79 bits per heavy atom. The van der Waals surface area contributed by atoms with Crippen LogP contribution in [0.25, 0.3) is 27.9 Å². The Kier molecular flexibility index (Phi) is 5.68. The van der Waals surface area contributed by atoms with Crippen LogP contribution in [-0.4, -0.2) is 56.1 Å². The summed E-state index contributed by atoms with van der Waals surface area (Å²) in [5.41, 5.74) is 2.53. The van der Waals surface area contributed by atoms with Gasteiger partial charge in [0.15, 0.2) is 11.5 Å². The van der Waals surface area contributed by atoms with Crippen molar-refractivity contribution in [1.29, 1.82) is 0 Å². The number of benzene rings is 2. The minimum Gasteiger partial charge on any atom is -0.338 e. The third-order valence-corrected chi connectivity index (χ3v) is 6.50. The van der Waals surface area contributed by atoms with Gasteiger partial charge in [-0.15, -0.1) is 10.2 Å². The van der Waals surface area contributed by atoms with Gasteiger partial charge in [-0.25, -0.2) is 9.38 Å². The molecule has 176 valence electrons. The molecule has 7 nitrogen and oxygen atoms in total. The molecule has 2 aromatic heterocycles. The molecule has 0 aliphatic carbocycles. The number of hydrogen-bond acceptors (Lipinski definition) is 5. The molecule has 0 saturated carbocycles. The molecule has 8 heteroatoms. The molecule has 1 saturated heterocycles. The molecule has 4 aromatic rings. The molecule has 3 heterocycles. The molecule has 1 fully saturated rings. The highest BCUT2D eigenvalue weighted by atomic mass is 35.5. The van der Waals surface area contributed by atoms with E-state index in [1.54, 1.807) is 0 Å². The molecule has 0 N–H and O–H groups in total. The van der Waals surface area contributed by atoms with Gasteiger partial charge in [-0.2, -0.15) is 0 Å². The van der Waals surface area contributed by atoms with E-state index in [2.05, 4.69) is 42.8 Å². The number of rotatable bonds is 3. The van der Waals surface area contributed by atoms with Crippen molar-refractivity contribution in [2.45, 2.75) is 40.2 Å². The van der Waals surface area contributed by atoms with Gasteiger partial charge in [-0.05, 0) is 48.7 Å². The van der Waals surface area contributed by atoms with E-state index < -0.39 is 0 Å². The van der Waals surface area contributed by atoms with E-state index in [1.807, 2.05) is 57.8 Å². The first kappa shape index (κ1) is 22.6. The zero-order valence-electron chi connectivity index (χ0n) is 20.0. The first-order valence-corrected chi connectivity index (χ1v) is 12.0. The van der Waals surface area contributed by atoms with Gasteiger partial charge in [0.1, 0.15) is 0 Å². The highest BCUT2D eigenvalue weighted by Crippen LogP contribution is 2.30. The largest absolute Gasteiger partial charge is 0.338 e. The lowest BCUT2D eigenvalue weighted by atomic mass is 9.91. The van der Waals surface area contributed by atoms with Gasteiger partial charge in [0.05, 0.1) is 5.52 Å². The normalized spacial score (nSPS) is 17.0. The number of halogens is 1. The van der Waals surface area contributed by atoms with E-state index in [9.17, 15) is 4.79 Å². The third-order valence-electron chi connectivity index (χ3n) is 6.24.